The van der Waals surface area contributed by atoms with Crippen molar-refractivity contribution >= 4 is 11.8 Å². The van der Waals surface area contributed by atoms with Crippen molar-refractivity contribution in [1.82, 2.24) is 24.3 Å². The van der Waals surface area contributed by atoms with E-state index in [0.29, 0.717) is 38.2 Å². The Hall–Kier alpha value is -2.74. The van der Waals surface area contributed by atoms with Crippen molar-refractivity contribution in [2.24, 2.45) is 0 Å². The van der Waals surface area contributed by atoms with Crippen LogP contribution in [0.25, 0.3) is 0 Å². The van der Waals surface area contributed by atoms with Crippen molar-refractivity contribution in [3.8, 4) is 0 Å². The van der Waals surface area contributed by atoms with E-state index in [0.717, 1.165) is 31.8 Å². The first-order valence-corrected chi connectivity index (χ1v) is 10.3. The molecule has 2 aromatic heterocycles. The third-order valence-electron chi connectivity index (χ3n) is 6.29. The number of imidazole rings is 1. The number of hydrogen-bond donors (Lipinski definition) is 0. The van der Waals surface area contributed by atoms with Gasteiger partial charge in [-0.1, -0.05) is 6.07 Å². The van der Waals surface area contributed by atoms with E-state index in [-0.39, 0.29) is 11.8 Å². The van der Waals surface area contributed by atoms with Crippen LogP contribution < -0.4 is 0 Å². The van der Waals surface area contributed by atoms with Gasteiger partial charge in [0.1, 0.15) is 17.1 Å². The highest BCUT2D eigenvalue weighted by Crippen LogP contribution is 2.40. The summed E-state index contributed by atoms with van der Waals surface area (Å²) in [5, 5.41) is 0. The molecule has 8 nitrogen and oxygen atoms in total. The number of rotatable bonds is 2. The number of piperidine rings is 1. The first-order valence-electron chi connectivity index (χ1n) is 10.3. The molecule has 5 rings (SSSR count). The maximum Gasteiger partial charge on any atom is 0.272 e. The molecule has 0 unspecified atom stereocenters. The lowest BCUT2D eigenvalue weighted by molar-refractivity contribution is -0.179. The quantitative estimate of drug-likeness (QED) is 0.769. The van der Waals surface area contributed by atoms with Gasteiger partial charge in [-0.2, -0.15) is 0 Å². The predicted molar refractivity (Wildman–Crippen MR) is 104 cm³/mol. The van der Waals surface area contributed by atoms with Gasteiger partial charge in [-0.15, -0.1) is 0 Å². The molecule has 2 fully saturated rings. The highest BCUT2D eigenvalue weighted by Gasteiger charge is 2.48. The van der Waals surface area contributed by atoms with Gasteiger partial charge in [0.05, 0.1) is 6.54 Å². The van der Waals surface area contributed by atoms with E-state index >= 15 is 0 Å². The Morgan fingerprint density at radius 1 is 1.00 bits per heavy atom. The van der Waals surface area contributed by atoms with Crippen LogP contribution in [0.1, 0.15) is 42.0 Å². The third kappa shape index (κ3) is 3.21. The number of ether oxygens (including phenoxy) is 1. The average Bonchev–Trinajstić information content (AvgIpc) is 3.46. The van der Waals surface area contributed by atoms with Crippen molar-refractivity contribution in [2.75, 3.05) is 26.2 Å². The highest BCUT2D eigenvalue weighted by atomic mass is 16.5. The van der Waals surface area contributed by atoms with E-state index in [4.69, 9.17) is 4.74 Å². The molecule has 1 spiro atoms. The summed E-state index contributed by atoms with van der Waals surface area (Å²) in [6, 6.07) is 5.36. The lowest BCUT2D eigenvalue weighted by atomic mass is 9.88. The Balaban J connectivity index is 1.34. The molecule has 0 aliphatic carbocycles. The molecule has 1 atom stereocenters. The number of hydrogen-bond acceptors (Lipinski definition) is 5. The molecule has 5 heterocycles. The van der Waals surface area contributed by atoms with Crippen molar-refractivity contribution in [2.45, 2.75) is 43.9 Å². The van der Waals surface area contributed by atoms with E-state index in [1.54, 1.807) is 24.5 Å². The monoisotopic (exact) mass is 395 g/mol. The van der Waals surface area contributed by atoms with E-state index in [1.807, 2.05) is 22.1 Å². The minimum absolute atomic E-state index is 0.0655. The minimum atomic E-state index is -0.622. The summed E-state index contributed by atoms with van der Waals surface area (Å²) < 4.78 is 8.53. The Labute approximate surface area is 169 Å². The Morgan fingerprint density at radius 3 is 2.52 bits per heavy atom. The van der Waals surface area contributed by atoms with Crippen molar-refractivity contribution < 1.29 is 14.3 Å². The number of nitrogens with zero attached hydrogens (tertiary/aromatic N) is 5. The van der Waals surface area contributed by atoms with Gasteiger partial charge in [-0.25, -0.2) is 4.98 Å². The van der Waals surface area contributed by atoms with E-state index in [2.05, 4.69) is 14.5 Å². The SMILES string of the molecule is O=C(c1ccccn1)N1CCC2(CC1)O[C@@H](C(=O)N1CCCC1)Cn1ccnc12. The van der Waals surface area contributed by atoms with Crippen LogP contribution in [0.2, 0.25) is 0 Å². The lowest BCUT2D eigenvalue weighted by Crippen LogP contribution is -2.55. The molecule has 3 aliphatic rings. The smallest absolute Gasteiger partial charge is 0.272 e. The fourth-order valence-corrected chi connectivity index (χ4v) is 4.73. The molecule has 0 saturated carbocycles. The summed E-state index contributed by atoms with van der Waals surface area (Å²) in [4.78, 5) is 38.2. The molecule has 2 aromatic rings. The molecule has 2 amide bonds. The van der Waals surface area contributed by atoms with Crippen LogP contribution in [0, 0.1) is 0 Å². The number of carbonyl (C=O) groups excluding carboxylic acids is 2. The second-order valence-electron chi connectivity index (χ2n) is 8.04. The summed E-state index contributed by atoms with van der Waals surface area (Å²) in [6.07, 6.45) is 8.19. The van der Waals surface area contributed by atoms with Crippen molar-refractivity contribution in [3.63, 3.8) is 0 Å². The minimum Gasteiger partial charge on any atom is -0.352 e. The average molecular weight is 395 g/mol. The Morgan fingerprint density at radius 2 is 1.79 bits per heavy atom. The van der Waals surface area contributed by atoms with Gasteiger partial charge >= 0.3 is 0 Å². The molecule has 0 bridgehead atoms. The molecular formula is C21H25N5O3. The molecular weight excluding hydrogens is 370 g/mol. The zero-order valence-electron chi connectivity index (χ0n) is 16.4. The van der Waals surface area contributed by atoms with Crippen molar-refractivity contribution in [3.05, 3.63) is 48.3 Å². The maximum absolute atomic E-state index is 13.0. The van der Waals surface area contributed by atoms with Crippen LogP contribution in [0.5, 0.6) is 0 Å². The number of carbonyl (C=O) groups is 2. The number of aromatic nitrogens is 3. The van der Waals surface area contributed by atoms with Gasteiger partial charge in [-0.05, 0) is 25.0 Å². The van der Waals surface area contributed by atoms with Crippen LogP contribution in [-0.4, -0.2) is 68.4 Å². The predicted octanol–water partition coefficient (Wildman–Crippen LogP) is 1.43. The molecule has 0 radical (unpaired) electrons. The van der Waals surface area contributed by atoms with Gasteiger partial charge in [0.15, 0.2) is 6.10 Å². The normalized spacial score (nSPS) is 23.2. The first kappa shape index (κ1) is 18.3. The molecule has 2 saturated heterocycles. The highest BCUT2D eigenvalue weighted by molar-refractivity contribution is 5.92. The lowest BCUT2D eigenvalue weighted by Gasteiger charge is -2.45. The molecule has 0 N–H and O–H groups in total. The molecule has 0 aromatic carbocycles. The van der Waals surface area contributed by atoms with Crippen LogP contribution >= 0.6 is 0 Å². The zero-order valence-corrected chi connectivity index (χ0v) is 16.4. The largest absolute Gasteiger partial charge is 0.352 e. The summed E-state index contributed by atoms with van der Waals surface area (Å²) in [6.45, 7) is 3.23. The van der Waals surface area contributed by atoms with Gasteiger partial charge in [-0.3, -0.25) is 14.6 Å². The Bertz CT molecular complexity index is 898. The molecule has 152 valence electrons. The number of pyridine rings is 1. The van der Waals surface area contributed by atoms with Gasteiger partial charge < -0.3 is 19.1 Å². The van der Waals surface area contributed by atoms with Crippen LogP contribution in [0.3, 0.4) is 0 Å². The summed E-state index contributed by atoms with van der Waals surface area (Å²) in [5.41, 5.74) is -0.167. The fraction of sp³-hybridized carbons (Fsp3) is 0.524. The van der Waals surface area contributed by atoms with Crippen LogP contribution in [-0.2, 0) is 21.7 Å². The Kier molecular flexibility index (Phi) is 4.58. The maximum atomic E-state index is 13.0. The fourth-order valence-electron chi connectivity index (χ4n) is 4.73. The molecule has 3 aliphatic heterocycles. The second-order valence-corrected chi connectivity index (χ2v) is 8.04. The summed E-state index contributed by atoms with van der Waals surface area (Å²) in [5.74, 6) is 0.880. The van der Waals surface area contributed by atoms with E-state index in [1.165, 1.54) is 0 Å². The summed E-state index contributed by atoms with van der Waals surface area (Å²) >= 11 is 0. The van der Waals surface area contributed by atoms with Gasteiger partial charge in [0, 0.05) is 57.6 Å². The van der Waals surface area contributed by atoms with E-state index < -0.39 is 11.7 Å². The number of amides is 2. The topological polar surface area (TPSA) is 80.6 Å². The zero-order chi connectivity index (χ0) is 19.8. The van der Waals surface area contributed by atoms with Crippen molar-refractivity contribution in [1.29, 1.82) is 0 Å². The third-order valence-corrected chi connectivity index (χ3v) is 6.29. The van der Waals surface area contributed by atoms with E-state index in [9.17, 15) is 9.59 Å². The van der Waals surface area contributed by atoms with Crippen LogP contribution in [0.15, 0.2) is 36.8 Å². The van der Waals surface area contributed by atoms with Gasteiger partial charge in [0.2, 0.25) is 0 Å². The molecule has 8 heteroatoms. The van der Waals surface area contributed by atoms with Crippen LogP contribution in [0.4, 0.5) is 0 Å². The van der Waals surface area contributed by atoms with Gasteiger partial charge in [0.25, 0.3) is 11.8 Å². The summed E-state index contributed by atoms with van der Waals surface area (Å²) in [7, 11) is 0. The number of likely N-dealkylation sites (tertiary alicyclic amines) is 2. The first-order chi connectivity index (χ1) is 14.2. The molecule has 29 heavy (non-hydrogen) atoms. The standard InChI is InChI=1S/C21H25N5O3/c27-18(16-5-1-2-8-22-16)25-12-6-21(7-13-25)20-23-9-14-26(20)15-17(29-21)19(28)24-10-3-4-11-24/h1-2,5,8-9,14,17H,3-4,6-7,10-13,15H2/t17-/m1/s1. The second kappa shape index (κ2) is 7.26. The number of fused-ring (bicyclic) bond motifs is 2.